The number of aromatic nitrogens is 2. The van der Waals surface area contributed by atoms with Gasteiger partial charge >= 0.3 is 0 Å². The molecule has 1 aliphatic rings. The lowest BCUT2D eigenvalue weighted by Gasteiger charge is -2.35. The molecule has 1 heterocycles. The molecule has 1 saturated carbocycles. The molecule has 0 unspecified atom stereocenters. The zero-order chi connectivity index (χ0) is 18.0. The van der Waals surface area contributed by atoms with Gasteiger partial charge in [-0.2, -0.15) is 5.10 Å². The largest absolute Gasteiger partial charge is 0.368 e. The summed E-state index contributed by atoms with van der Waals surface area (Å²) in [5.74, 6) is -0.749. The minimum atomic E-state index is -0.937. The zero-order valence-corrected chi connectivity index (χ0v) is 14.7. The first-order valence-electron chi connectivity index (χ1n) is 8.67. The lowest BCUT2D eigenvalue weighted by atomic mass is 9.81. The maximum Gasteiger partial charge on any atom is 0.255 e. The topological polar surface area (TPSA) is 90.0 Å². The third-order valence-corrected chi connectivity index (χ3v) is 5.03. The van der Waals surface area contributed by atoms with E-state index in [1.54, 1.807) is 10.9 Å². The molecule has 0 spiro atoms. The van der Waals surface area contributed by atoms with Gasteiger partial charge in [0.15, 0.2) is 0 Å². The standard InChI is InChI=1S/C19H24N4O2/c1-13-7-6-8-15(11-13)23-14(2)16(12-21-23)17(24)22-19(18(20)25)9-4-3-5-10-19/h6-8,11-12H,3-5,9-10H2,1-2H3,(H2,20,25)(H,22,24). The fourth-order valence-corrected chi connectivity index (χ4v) is 3.53. The van der Waals surface area contributed by atoms with Crippen LogP contribution in [0.25, 0.3) is 5.69 Å². The van der Waals surface area contributed by atoms with E-state index >= 15 is 0 Å². The summed E-state index contributed by atoms with van der Waals surface area (Å²) in [4.78, 5) is 24.8. The van der Waals surface area contributed by atoms with Crippen LogP contribution >= 0.6 is 0 Å². The Hall–Kier alpha value is -2.63. The predicted molar refractivity (Wildman–Crippen MR) is 95.5 cm³/mol. The molecule has 0 atom stereocenters. The molecule has 2 aromatic rings. The van der Waals surface area contributed by atoms with Crippen molar-refractivity contribution in [3.63, 3.8) is 0 Å². The van der Waals surface area contributed by atoms with Gasteiger partial charge in [0.1, 0.15) is 5.54 Å². The number of nitrogens with zero attached hydrogens (tertiary/aromatic N) is 2. The molecule has 6 nitrogen and oxygen atoms in total. The highest BCUT2D eigenvalue weighted by Gasteiger charge is 2.39. The Balaban J connectivity index is 1.87. The maximum atomic E-state index is 12.8. The molecule has 1 fully saturated rings. The zero-order valence-electron chi connectivity index (χ0n) is 14.7. The van der Waals surface area contributed by atoms with E-state index in [4.69, 9.17) is 5.73 Å². The third kappa shape index (κ3) is 3.29. The number of hydrogen-bond donors (Lipinski definition) is 2. The first kappa shape index (κ1) is 17.2. The molecule has 1 aromatic carbocycles. The Bertz CT molecular complexity index is 804. The molecule has 2 amide bonds. The van der Waals surface area contributed by atoms with Gasteiger partial charge in [-0.3, -0.25) is 9.59 Å². The van der Waals surface area contributed by atoms with Crippen molar-refractivity contribution in [3.8, 4) is 5.69 Å². The van der Waals surface area contributed by atoms with Gasteiger partial charge in [0.25, 0.3) is 5.91 Å². The number of carbonyl (C=O) groups is 2. The number of rotatable bonds is 4. The number of nitrogens with one attached hydrogen (secondary N) is 1. The van der Waals surface area contributed by atoms with Crippen LogP contribution in [0.2, 0.25) is 0 Å². The Kier molecular flexibility index (Phi) is 4.61. The summed E-state index contributed by atoms with van der Waals surface area (Å²) in [5.41, 5.74) is 7.89. The normalized spacial score (nSPS) is 16.4. The SMILES string of the molecule is Cc1cccc(-n2ncc(C(=O)NC3(C(N)=O)CCCCC3)c2C)c1. The number of benzene rings is 1. The van der Waals surface area contributed by atoms with Gasteiger partial charge in [-0.15, -0.1) is 0 Å². The minimum absolute atomic E-state index is 0.294. The van der Waals surface area contributed by atoms with Crippen LogP contribution in [-0.2, 0) is 4.79 Å². The van der Waals surface area contributed by atoms with Crippen molar-refractivity contribution in [1.29, 1.82) is 0 Å². The molecule has 0 bridgehead atoms. The van der Waals surface area contributed by atoms with Gasteiger partial charge in [-0.05, 0) is 44.4 Å². The Morgan fingerprint density at radius 2 is 1.92 bits per heavy atom. The first-order valence-corrected chi connectivity index (χ1v) is 8.67. The van der Waals surface area contributed by atoms with Gasteiger partial charge in [-0.1, -0.05) is 31.4 Å². The van der Waals surface area contributed by atoms with Crippen molar-refractivity contribution >= 4 is 11.8 Å². The lowest BCUT2D eigenvalue weighted by molar-refractivity contribution is -0.125. The van der Waals surface area contributed by atoms with Gasteiger partial charge in [0.05, 0.1) is 23.1 Å². The fourth-order valence-electron chi connectivity index (χ4n) is 3.53. The number of primary amides is 1. The molecule has 25 heavy (non-hydrogen) atoms. The van der Waals surface area contributed by atoms with Crippen LogP contribution in [0.15, 0.2) is 30.5 Å². The minimum Gasteiger partial charge on any atom is -0.368 e. The van der Waals surface area contributed by atoms with Gasteiger partial charge in [-0.25, -0.2) is 4.68 Å². The van der Waals surface area contributed by atoms with Crippen LogP contribution in [-0.4, -0.2) is 27.1 Å². The molecule has 3 rings (SSSR count). The van der Waals surface area contributed by atoms with Gasteiger partial charge in [0.2, 0.25) is 5.91 Å². The summed E-state index contributed by atoms with van der Waals surface area (Å²) in [5, 5.41) is 7.25. The van der Waals surface area contributed by atoms with E-state index in [2.05, 4.69) is 10.4 Å². The summed E-state index contributed by atoms with van der Waals surface area (Å²) < 4.78 is 1.74. The van der Waals surface area contributed by atoms with Crippen LogP contribution in [0.5, 0.6) is 0 Å². The predicted octanol–water partition coefficient (Wildman–Crippen LogP) is 2.41. The van der Waals surface area contributed by atoms with E-state index in [1.807, 2.05) is 38.1 Å². The van der Waals surface area contributed by atoms with Crippen molar-refractivity contribution in [2.45, 2.75) is 51.5 Å². The van der Waals surface area contributed by atoms with Crippen LogP contribution < -0.4 is 11.1 Å². The number of aryl methyl sites for hydroxylation is 1. The second-order valence-electron chi connectivity index (χ2n) is 6.86. The third-order valence-electron chi connectivity index (χ3n) is 5.03. The van der Waals surface area contributed by atoms with Crippen molar-refractivity contribution in [2.24, 2.45) is 5.73 Å². The van der Waals surface area contributed by atoms with Gasteiger partial charge in [0, 0.05) is 0 Å². The molecule has 1 aromatic heterocycles. The summed E-state index contributed by atoms with van der Waals surface area (Å²) in [6, 6.07) is 7.92. The van der Waals surface area contributed by atoms with E-state index in [9.17, 15) is 9.59 Å². The first-order chi connectivity index (χ1) is 11.9. The summed E-state index contributed by atoms with van der Waals surface area (Å²) >= 11 is 0. The number of nitrogens with two attached hydrogens (primary N) is 1. The van der Waals surface area contributed by atoms with Crippen molar-refractivity contribution in [1.82, 2.24) is 15.1 Å². The number of carbonyl (C=O) groups excluding carboxylic acids is 2. The average Bonchev–Trinajstić information content (AvgIpc) is 2.97. The van der Waals surface area contributed by atoms with E-state index in [1.165, 1.54) is 0 Å². The highest BCUT2D eigenvalue weighted by molar-refractivity contribution is 5.99. The summed E-state index contributed by atoms with van der Waals surface area (Å²) in [6.45, 7) is 3.86. The van der Waals surface area contributed by atoms with E-state index < -0.39 is 11.4 Å². The van der Waals surface area contributed by atoms with E-state index in [-0.39, 0.29) is 5.91 Å². The van der Waals surface area contributed by atoms with Crippen LogP contribution in [0, 0.1) is 13.8 Å². The Labute approximate surface area is 147 Å². The molecule has 132 valence electrons. The second-order valence-corrected chi connectivity index (χ2v) is 6.86. The molecule has 0 radical (unpaired) electrons. The van der Waals surface area contributed by atoms with Gasteiger partial charge < -0.3 is 11.1 Å². The molecular weight excluding hydrogens is 316 g/mol. The Morgan fingerprint density at radius 1 is 1.20 bits per heavy atom. The Morgan fingerprint density at radius 3 is 2.56 bits per heavy atom. The molecule has 0 saturated heterocycles. The molecule has 1 aliphatic carbocycles. The highest BCUT2D eigenvalue weighted by Crippen LogP contribution is 2.28. The number of hydrogen-bond acceptors (Lipinski definition) is 3. The van der Waals surface area contributed by atoms with Crippen molar-refractivity contribution in [2.75, 3.05) is 0 Å². The number of amides is 2. The summed E-state index contributed by atoms with van der Waals surface area (Å²) in [6.07, 6.45) is 5.59. The highest BCUT2D eigenvalue weighted by atomic mass is 16.2. The van der Waals surface area contributed by atoms with Crippen LogP contribution in [0.1, 0.15) is 53.7 Å². The molecule has 3 N–H and O–H groups in total. The van der Waals surface area contributed by atoms with Crippen molar-refractivity contribution < 1.29 is 9.59 Å². The van der Waals surface area contributed by atoms with Crippen LogP contribution in [0.3, 0.4) is 0 Å². The van der Waals surface area contributed by atoms with E-state index in [0.717, 1.165) is 36.2 Å². The maximum absolute atomic E-state index is 12.8. The summed E-state index contributed by atoms with van der Waals surface area (Å²) in [7, 11) is 0. The lowest BCUT2D eigenvalue weighted by Crippen LogP contribution is -2.58. The quantitative estimate of drug-likeness (QED) is 0.895. The smallest absolute Gasteiger partial charge is 0.255 e. The fraction of sp³-hybridized carbons (Fsp3) is 0.421. The van der Waals surface area contributed by atoms with E-state index in [0.29, 0.717) is 18.4 Å². The molecular formula is C19H24N4O2. The molecule has 6 heteroatoms. The van der Waals surface area contributed by atoms with Crippen molar-refractivity contribution in [3.05, 3.63) is 47.3 Å². The average molecular weight is 340 g/mol. The van der Waals surface area contributed by atoms with Crippen LogP contribution in [0.4, 0.5) is 0 Å². The monoisotopic (exact) mass is 340 g/mol. The molecule has 0 aliphatic heterocycles. The second kappa shape index (κ2) is 6.70.